The number of fused-ring (bicyclic) bond motifs is 1. The molecule has 1 aromatic heterocycles. The molecule has 1 aliphatic rings. The maximum absolute atomic E-state index is 12.9. The summed E-state index contributed by atoms with van der Waals surface area (Å²) in [5.74, 6) is -0.288. The molecule has 0 amide bonds. The van der Waals surface area contributed by atoms with Gasteiger partial charge in [0.25, 0.3) is 0 Å². The van der Waals surface area contributed by atoms with E-state index in [0.717, 1.165) is 31.7 Å². The molecule has 0 radical (unpaired) electrons. The van der Waals surface area contributed by atoms with Crippen molar-refractivity contribution in [1.29, 1.82) is 0 Å². The van der Waals surface area contributed by atoms with E-state index in [1.807, 2.05) is 7.05 Å². The predicted octanol–water partition coefficient (Wildman–Crippen LogP) is 2.89. The van der Waals surface area contributed by atoms with Crippen molar-refractivity contribution in [2.75, 3.05) is 13.6 Å². The Labute approximate surface area is 124 Å². The molecule has 0 fully saturated rings. The van der Waals surface area contributed by atoms with Crippen molar-refractivity contribution >= 4 is 0 Å². The summed E-state index contributed by atoms with van der Waals surface area (Å²) in [6.07, 6.45) is 2.24. The Morgan fingerprint density at radius 2 is 1.90 bits per heavy atom. The lowest BCUT2D eigenvalue weighted by Gasteiger charge is -2.20. The number of hydrogen-bond acceptors (Lipinski definition) is 3. The molecule has 0 spiro atoms. The van der Waals surface area contributed by atoms with Crippen LogP contribution in [0.2, 0.25) is 0 Å². The molecule has 2 aromatic rings. The van der Waals surface area contributed by atoms with Gasteiger partial charge in [-0.15, -0.1) is 0 Å². The zero-order chi connectivity index (χ0) is 14.7. The number of halogens is 1. The molecule has 110 valence electrons. The van der Waals surface area contributed by atoms with Crippen LogP contribution in [0.3, 0.4) is 0 Å². The maximum Gasteiger partial charge on any atom is 0.141 e. The highest BCUT2D eigenvalue weighted by molar-refractivity contribution is 5.30. The summed E-state index contributed by atoms with van der Waals surface area (Å²) >= 11 is 0. The Morgan fingerprint density at radius 3 is 2.48 bits per heavy atom. The smallest absolute Gasteiger partial charge is 0.141 e. The molecule has 1 aliphatic heterocycles. The second-order valence-corrected chi connectivity index (χ2v) is 5.51. The summed E-state index contributed by atoms with van der Waals surface area (Å²) in [5.41, 5.74) is 3.76. The minimum atomic E-state index is -0.288. The van der Waals surface area contributed by atoms with Gasteiger partial charge in [0.1, 0.15) is 5.82 Å². The van der Waals surface area contributed by atoms with Crippen molar-refractivity contribution in [3.63, 3.8) is 0 Å². The molecular formula is C17H20FN3. The monoisotopic (exact) mass is 285 g/mol. The van der Waals surface area contributed by atoms with Gasteiger partial charge in [-0.25, -0.2) is 4.39 Å². The number of pyridine rings is 1. The van der Waals surface area contributed by atoms with Crippen molar-refractivity contribution in [3.05, 3.63) is 65.2 Å². The van der Waals surface area contributed by atoms with E-state index in [2.05, 4.69) is 39.5 Å². The van der Waals surface area contributed by atoms with Gasteiger partial charge in [-0.1, -0.05) is 24.3 Å². The first-order chi connectivity index (χ1) is 10.3. The molecule has 0 saturated carbocycles. The van der Waals surface area contributed by atoms with Crippen molar-refractivity contribution < 1.29 is 4.39 Å². The maximum atomic E-state index is 12.9. The van der Waals surface area contributed by atoms with E-state index in [9.17, 15) is 4.39 Å². The van der Waals surface area contributed by atoms with E-state index in [1.165, 1.54) is 23.4 Å². The second-order valence-electron chi connectivity index (χ2n) is 5.51. The summed E-state index contributed by atoms with van der Waals surface area (Å²) in [6.45, 7) is 3.03. The minimum Gasteiger partial charge on any atom is -0.312 e. The third-order valence-electron chi connectivity index (χ3n) is 4.10. The summed E-state index contributed by atoms with van der Waals surface area (Å²) in [5, 5.41) is 3.27. The molecule has 1 unspecified atom stereocenters. The van der Waals surface area contributed by atoms with Crippen LogP contribution in [-0.4, -0.2) is 23.5 Å². The van der Waals surface area contributed by atoms with E-state index in [1.54, 1.807) is 6.07 Å². The fourth-order valence-electron chi connectivity index (χ4n) is 2.91. The van der Waals surface area contributed by atoms with Crippen LogP contribution in [0.5, 0.6) is 0 Å². The molecule has 0 saturated heterocycles. The van der Waals surface area contributed by atoms with E-state index in [4.69, 9.17) is 0 Å². The predicted molar refractivity (Wildman–Crippen MR) is 81.2 cm³/mol. The van der Waals surface area contributed by atoms with Crippen LogP contribution in [0, 0.1) is 5.82 Å². The molecule has 2 heterocycles. The van der Waals surface area contributed by atoms with E-state index < -0.39 is 0 Å². The number of nitrogens with zero attached hydrogens (tertiary/aromatic N) is 2. The molecule has 0 aliphatic carbocycles. The molecule has 3 nitrogen and oxygen atoms in total. The standard InChI is InChI=1S/C17H20FN3/c1-19-16(17-7-6-15(18)10-20-17)8-9-21-11-13-4-2-3-5-14(13)12-21/h2-7,10,16,19H,8-9,11-12H2,1H3. The van der Waals surface area contributed by atoms with Crippen LogP contribution in [0.1, 0.15) is 29.3 Å². The first-order valence-electron chi connectivity index (χ1n) is 7.34. The number of benzene rings is 1. The summed E-state index contributed by atoms with van der Waals surface area (Å²) in [4.78, 5) is 6.62. The Kier molecular flexibility index (Phi) is 4.27. The van der Waals surface area contributed by atoms with Crippen molar-refractivity contribution in [2.45, 2.75) is 25.6 Å². The Bertz CT molecular complexity index is 572. The van der Waals surface area contributed by atoms with Crippen molar-refractivity contribution in [2.24, 2.45) is 0 Å². The zero-order valence-corrected chi connectivity index (χ0v) is 12.2. The molecule has 3 rings (SSSR count). The first kappa shape index (κ1) is 14.2. The lowest BCUT2D eigenvalue weighted by Crippen LogP contribution is -2.25. The lowest BCUT2D eigenvalue weighted by atomic mass is 10.1. The van der Waals surface area contributed by atoms with Gasteiger partial charge < -0.3 is 5.32 Å². The molecule has 1 atom stereocenters. The van der Waals surface area contributed by atoms with Gasteiger partial charge in [0.15, 0.2) is 0 Å². The van der Waals surface area contributed by atoms with Gasteiger partial charge in [-0.2, -0.15) is 0 Å². The third kappa shape index (κ3) is 3.28. The van der Waals surface area contributed by atoms with Gasteiger partial charge >= 0.3 is 0 Å². The average Bonchev–Trinajstić information content (AvgIpc) is 2.92. The van der Waals surface area contributed by atoms with Crippen molar-refractivity contribution in [1.82, 2.24) is 15.2 Å². The quantitative estimate of drug-likeness (QED) is 0.915. The zero-order valence-electron chi connectivity index (χ0n) is 12.2. The second kappa shape index (κ2) is 6.33. The normalized spacial score (nSPS) is 15.9. The Balaban J connectivity index is 1.58. The van der Waals surface area contributed by atoms with E-state index in [0.29, 0.717) is 0 Å². The Morgan fingerprint density at radius 1 is 1.19 bits per heavy atom. The highest BCUT2D eigenvalue weighted by Gasteiger charge is 2.19. The first-order valence-corrected chi connectivity index (χ1v) is 7.34. The van der Waals surface area contributed by atoms with Gasteiger partial charge in [0.05, 0.1) is 17.9 Å². The fraction of sp³-hybridized carbons (Fsp3) is 0.353. The minimum absolute atomic E-state index is 0.161. The molecular weight excluding hydrogens is 265 g/mol. The van der Waals surface area contributed by atoms with Crippen LogP contribution < -0.4 is 5.32 Å². The number of aromatic nitrogens is 1. The topological polar surface area (TPSA) is 28.2 Å². The molecule has 0 bridgehead atoms. The van der Waals surface area contributed by atoms with Crippen molar-refractivity contribution in [3.8, 4) is 0 Å². The van der Waals surface area contributed by atoms with Gasteiger partial charge in [-0.3, -0.25) is 9.88 Å². The van der Waals surface area contributed by atoms with Crippen LogP contribution in [0.4, 0.5) is 4.39 Å². The molecule has 1 aromatic carbocycles. The largest absolute Gasteiger partial charge is 0.312 e. The van der Waals surface area contributed by atoms with Crippen LogP contribution in [0.15, 0.2) is 42.6 Å². The highest BCUT2D eigenvalue weighted by Crippen LogP contribution is 2.24. The molecule has 4 heteroatoms. The van der Waals surface area contributed by atoms with E-state index in [-0.39, 0.29) is 11.9 Å². The molecule has 1 N–H and O–H groups in total. The third-order valence-corrected chi connectivity index (χ3v) is 4.10. The van der Waals surface area contributed by atoms with Crippen LogP contribution in [-0.2, 0) is 13.1 Å². The summed E-state index contributed by atoms with van der Waals surface area (Å²) in [7, 11) is 1.93. The number of rotatable bonds is 5. The van der Waals surface area contributed by atoms with Crippen LogP contribution in [0.25, 0.3) is 0 Å². The highest BCUT2D eigenvalue weighted by atomic mass is 19.1. The summed E-state index contributed by atoms with van der Waals surface area (Å²) in [6, 6.07) is 12.0. The van der Waals surface area contributed by atoms with Gasteiger partial charge in [0, 0.05) is 19.6 Å². The van der Waals surface area contributed by atoms with Gasteiger partial charge in [-0.05, 0) is 36.7 Å². The Hall–Kier alpha value is -1.78. The van der Waals surface area contributed by atoms with E-state index >= 15 is 0 Å². The fourth-order valence-corrected chi connectivity index (χ4v) is 2.91. The number of hydrogen-bond donors (Lipinski definition) is 1. The number of nitrogens with one attached hydrogen (secondary N) is 1. The average molecular weight is 285 g/mol. The van der Waals surface area contributed by atoms with Gasteiger partial charge in [0.2, 0.25) is 0 Å². The summed E-state index contributed by atoms with van der Waals surface area (Å²) < 4.78 is 12.9. The SMILES string of the molecule is CNC(CCN1Cc2ccccc2C1)c1ccc(F)cn1. The molecule has 21 heavy (non-hydrogen) atoms. The lowest BCUT2D eigenvalue weighted by molar-refractivity contribution is 0.265. The van der Waals surface area contributed by atoms with Crippen LogP contribution >= 0.6 is 0 Å².